The summed E-state index contributed by atoms with van der Waals surface area (Å²) in [6, 6.07) is 7.29. The Labute approximate surface area is 209 Å². The predicted molar refractivity (Wildman–Crippen MR) is 134 cm³/mol. The first-order chi connectivity index (χ1) is 16.7. The zero-order valence-corrected chi connectivity index (χ0v) is 21.2. The van der Waals surface area contributed by atoms with Gasteiger partial charge in [0.2, 0.25) is 0 Å². The number of benzene rings is 2. The Morgan fingerprint density at radius 3 is 2.43 bits per heavy atom. The summed E-state index contributed by atoms with van der Waals surface area (Å²) >= 11 is 5.93. The lowest BCUT2D eigenvalue weighted by atomic mass is 9.98. The molecule has 0 saturated carbocycles. The van der Waals surface area contributed by atoms with Crippen LogP contribution in [-0.4, -0.2) is 55.9 Å². The summed E-state index contributed by atoms with van der Waals surface area (Å²) in [6.45, 7) is 5.24. The number of rotatable bonds is 11. The number of carbonyl (C=O) groups excluding carboxylic acids is 1. The third-order valence-corrected chi connectivity index (χ3v) is 5.66. The molecule has 2 N–H and O–H groups in total. The Morgan fingerprint density at radius 2 is 1.86 bits per heavy atom. The summed E-state index contributed by atoms with van der Waals surface area (Å²) in [4.78, 5) is 17.0. The number of ether oxygens (including phenoxy) is 3. The van der Waals surface area contributed by atoms with E-state index in [1.165, 1.54) is 32.6 Å². The molecular weight excluding hydrogens is 477 g/mol. The van der Waals surface area contributed by atoms with Gasteiger partial charge in [-0.25, -0.2) is 9.18 Å². The fourth-order valence-corrected chi connectivity index (χ4v) is 3.54. The minimum absolute atomic E-state index is 0.00319. The van der Waals surface area contributed by atoms with Crippen LogP contribution >= 0.6 is 11.6 Å². The first kappa shape index (κ1) is 28.1. The molecule has 190 valence electrons. The molecule has 7 nitrogen and oxygen atoms in total. The number of esters is 1. The molecule has 0 unspecified atom stereocenters. The number of methoxy groups -OCH3 is 2. The zero-order valence-electron chi connectivity index (χ0n) is 20.5. The predicted octanol–water partition coefficient (Wildman–Crippen LogP) is 5.01. The minimum Gasteiger partial charge on any atom is -0.506 e. The summed E-state index contributed by atoms with van der Waals surface area (Å²) in [6.07, 6.45) is 1.29. The first-order valence-corrected chi connectivity index (χ1v) is 11.5. The van der Waals surface area contributed by atoms with Crippen molar-refractivity contribution in [1.29, 1.82) is 0 Å². The molecule has 9 heteroatoms. The first-order valence-electron chi connectivity index (χ1n) is 11.1. The van der Waals surface area contributed by atoms with E-state index in [1.54, 1.807) is 25.1 Å². The van der Waals surface area contributed by atoms with Gasteiger partial charge in [0.05, 0.1) is 44.1 Å². The number of aliphatic hydroxyl groups is 2. The van der Waals surface area contributed by atoms with E-state index in [-0.39, 0.29) is 47.5 Å². The van der Waals surface area contributed by atoms with Crippen molar-refractivity contribution in [3.63, 3.8) is 0 Å². The van der Waals surface area contributed by atoms with Crippen LogP contribution in [0, 0.1) is 11.7 Å². The van der Waals surface area contributed by atoms with Crippen molar-refractivity contribution in [1.82, 2.24) is 0 Å². The maximum absolute atomic E-state index is 14.6. The molecule has 0 aliphatic rings. The van der Waals surface area contributed by atoms with Gasteiger partial charge in [0, 0.05) is 18.7 Å². The van der Waals surface area contributed by atoms with E-state index in [9.17, 15) is 19.4 Å². The van der Waals surface area contributed by atoms with Crippen molar-refractivity contribution in [2.24, 2.45) is 10.9 Å². The SMILES string of the molecule is CCOC(=O)/C(C=N[C@H](CO)C(C)C)=C(\O)c1cc(Cc2cccc(Cl)c2F)c(OC)cc1OC. The van der Waals surface area contributed by atoms with Crippen molar-refractivity contribution in [3.05, 3.63) is 63.4 Å². The second-order valence-corrected chi connectivity index (χ2v) is 8.42. The summed E-state index contributed by atoms with van der Waals surface area (Å²) in [5.74, 6) is -1.20. The average Bonchev–Trinajstić information content (AvgIpc) is 2.83. The second-order valence-electron chi connectivity index (χ2n) is 8.01. The van der Waals surface area contributed by atoms with Crippen molar-refractivity contribution < 1.29 is 33.6 Å². The van der Waals surface area contributed by atoms with Crippen LogP contribution in [-0.2, 0) is 16.0 Å². The number of hydrogen-bond acceptors (Lipinski definition) is 7. The van der Waals surface area contributed by atoms with Crippen LogP contribution in [0.25, 0.3) is 5.76 Å². The van der Waals surface area contributed by atoms with Crippen LogP contribution in [0.3, 0.4) is 0 Å². The standard InChI is InChI=1S/C26H31ClFNO6/c1-6-35-26(32)19(13-29-21(14-30)15(2)3)25(31)18-11-17(22(33-4)12-23(18)34-5)10-16-8-7-9-20(27)24(16)28/h7-9,11-13,15,21,30-31H,6,10,14H2,1-5H3/b25-19-,29-13?/t21-/m1/s1. The Morgan fingerprint density at radius 1 is 1.17 bits per heavy atom. The number of halogens is 2. The average molecular weight is 508 g/mol. The van der Waals surface area contributed by atoms with Crippen molar-refractivity contribution >= 4 is 29.5 Å². The number of nitrogens with zero attached hydrogens (tertiary/aromatic N) is 1. The smallest absolute Gasteiger partial charge is 0.343 e. The van der Waals surface area contributed by atoms with E-state index < -0.39 is 23.6 Å². The quantitative estimate of drug-likeness (QED) is 0.192. The Balaban J connectivity index is 2.69. The number of carbonyl (C=O) groups is 1. The maximum atomic E-state index is 14.6. The van der Waals surface area contributed by atoms with Gasteiger partial charge in [-0.1, -0.05) is 37.6 Å². The summed E-state index contributed by atoms with van der Waals surface area (Å²) in [5.41, 5.74) is 0.788. The van der Waals surface area contributed by atoms with Gasteiger partial charge in [0.1, 0.15) is 28.6 Å². The highest BCUT2D eigenvalue weighted by Crippen LogP contribution is 2.35. The fourth-order valence-electron chi connectivity index (χ4n) is 3.34. The van der Waals surface area contributed by atoms with Crippen LogP contribution in [0.5, 0.6) is 11.5 Å². The third-order valence-electron chi connectivity index (χ3n) is 5.37. The topological polar surface area (TPSA) is 97.6 Å². The molecular formula is C26H31ClFNO6. The molecule has 0 fully saturated rings. The van der Waals surface area contributed by atoms with E-state index in [0.717, 1.165) is 0 Å². The minimum atomic E-state index is -0.797. The molecule has 0 heterocycles. The third kappa shape index (κ3) is 6.96. The van der Waals surface area contributed by atoms with E-state index in [0.29, 0.717) is 16.9 Å². The lowest BCUT2D eigenvalue weighted by Crippen LogP contribution is -2.19. The molecule has 0 aliphatic carbocycles. The molecule has 2 aromatic carbocycles. The van der Waals surface area contributed by atoms with Gasteiger partial charge in [0.15, 0.2) is 0 Å². The van der Waals surface area contributed by atoms with Gasteiger partial charge in [-0.2, -0.15) is 0 Å². The highest BCUT2D eigenvalue weighted by Gasteiger charge is 2.23. The van der Waals surface area contributed by atoms with E-state index >= 15 is 0 Å². The Kier molecular flexibility index (Phi) is 10.5. The molecule has 0 amide bonds. The van der Waals surface area contributed by atoms with E-state index in [4.69, 9.17) is 25.8 Å². The van der Waals surface area contributed by atoms with Crippen molar-refractivity contribution in [2.75, 3.05) is 27.4 Å². The lowest BCUT2D eigenvalue weighted by Gasteiger charge is -2.17. The molecule has 1 atom stereocenters. The second kappa shape index (κ2) is 13.1. The molecule has 0 saturated heterocycles. The van der Waals surface area contributed by atoms with Gasteiger partial charge in [0.25, 0.3) is 0 Å². The molecule has 0 bridgehead atoms. The van der Waals surface area contributed by atoms with Crippen molar-refractivity contribution in [2.45, 2.75) is 33.2 Å². The Hall–Kier alpha value is -3.10. The molecule has 0 spiro atoms. The van der Waals surface area contributed by atoms with Gasteiger partial charge >= 0.3 is 5.97 Å². The van der Waals surface area contributed by atoms with Crippen LogP contribution < -0.4 is 9.47 Å². The highest BCUT2D eigenvalue weighted by atomic mass is 35.5. The normalized spacial score (nSPS) is 13.1. The maximum Gasteiger partial charge on any atom is 0.343 e. The number of hydrogen-bond donors (Lipinski definition) is 2. The molecule has 2 rings (SSSR count). The molecule has 0 aromatic heterocycles. The molecule has 0 aliphatic heterocycles. The van der Waals surface area contributed by atoms with Gasteiger partial charge < -0.3 is 24.4 Å². The lowest BCUT2D eigenvalue weighted by molar-refractivity contribution is -0.137. The van der Waals surface area contributed by atoms with E-state index in [1.807, 2.05) is 13.8 Å². The molecule has 35 heavy (non-hydrogen) atoms. The van der Waals surface area contributed by atoms with Crippen LogP contribution in [0.2, 0.25) is 5.02 Å². The van der Waals surface area contributed by atoms with Gasteiger partial charge in [-0.15, -0.1) is 0 Å². The van der Waals surface area contributed by atoms with Crippen molar-refractivity contribution in [3.8, 4) is 11.5 Å². The van der Waals surface area contributed by atoms with Crippen LogP contribution in [0.15, 0.2) is 40.9 Å². The summed E-state index contributed by atoms with van der Waals surface area (Å²) in [7, 11) is 2.86. The van der Waals surface area contributed by atoms with Gasteiger partial charge in [-0.3, -0.25) is 4.99 Å². The number of aliphatic imine (C=N–C) groups is 1. The molecule has 2 aromatic rings. The molecule has 0 radical (unpaired) electrons. The monoisotopic (exact) mass is 507 g/mol. The van der Waals surface area contributed by atoms with Gasteiger partial charge in [-0.05, 0) is 36.1 Å². The highest BCUT2D eigenvalue weighted by molar-refractivity contribution is 6.30. The van der Waals surface area contributed by atoms with E-state index in [2.05, 4.69) is 4.99 Å². The number of aliphatic hydroxyl groups excluding tert-OH is 2. The Bertz CT molecular complexity index is 1100. The van der Waals surface area contributed by atoms with Crippen LogP contribution in [0.4, 0.5) is 4.39 Å². The summed E-state index contributed by atoms with van der Waals surface area (Å²) < 4.78 is 30.6. The zero-order chi connectivity index (χ0) is 26.1. The largest absolute Gasteiger partial charge is 0.506 e. The summed E-state index contributed by atoms with van der Waals surface area (Å²) in [5, 5.41) is 20.7. The van der Waals surface area contributed by atoms with Crippen LogP contribution in [0.1, 0.15) is 37.5 Å². The fraction of sp³-hybridized carbons (Fsp3) is 0.385.